The Kier molecular flexibility index (Phi) is 7.41. The molecule has 1 fully saturated rings. The smallest absolute Gasteiger partial charge is 0.405 e. The van der Waals surface area contributed by atoms with Crippen LogP contribution in [0.3, 0.4) is 0 Å². The van der Waals surface area contributed by atoms with Crippen molar-refractivity contribution in [2.75, 3.05) is 26.2 Å². The molecule has 0 aliphatic carbocycles. The van der Waals surface area contributed by atoms with E-state index in [4.69, 9.17) is 0 Å². The molecule has 1 aliphatic rings. The van der Waals surface area contributed by atoms with Gasteiger partial charge in [-0.1, -0.05) is 18.9 Å². The fourth-order valence-electron chi connectivity index (χ4n) is 2.68. The van der Waals surface area contributed by atoms with Gasteiger partial charge in [-0.3, -0.25) is 4.79 Å². The predicted octanol–water partition coefficient (Wildman–Crippen LogP) is 2.09. The monoisotopic (exact) mass is 422 g/mol. The molecule has 1 N–H and O–H groups in total. The molecule has 7 nitrogen and oxygen atoms in total. The lowest BCUT2D eigenvalue weighted by molar-refractivity contribution is -0.140. The summed E-state index contributed by atoms with van der Waals surface area (Å²) in [7, 11) is -3.78. The molecule has 1 aliphatic heterocycles. The number of nitrogens with one attached hydrogen (secondary N) is 1. The van der Waals surface area contributed by atoms with E-state index in [0.29, 0.717) is 13.1 Å². The van der Waals surface area contributed by atoms with Crippen molar-refractivity contribution in [3.8, 4) is 0 Å². The largest absolute Gasteiger partial charge is 0.452 e. The summed E-state index contributed by atoms with van der Waals surface area (Å²) in [6, 6.07) is 5.16. The lowest BCUT2D eigenvalue weighted by Gasteiger charge is -2.20. The van der Waals surface area contributed by atoms with Crippen LogP contribution in [-0.4, -0.2) is 57.0 Å². The summed E-state index contributed by atoms with van der Waals surface area (Å²) in [5, 5.41) is 1.57. The zero-order chi connectivity index (χ0) is 20.8. The number of benzene rings is 1. The molecule has 1 saturated heterocycles. The quantitative estimate of drug-likeness (QED) is 0.709. The van der Waals surface area contributed by atoms with Gasteiger partial charge in [-0.15, -0.1) is 0 Å². The summed E-state index contributed by atoms with van der Waals surface area (Å²) < 4.78 is 67.7. The number of hydrogen-bond acceptors (Lipinski definition) is 5. The van der Waals surface area contributed by atoms with E-state index in [1.54, 1.807) is 5.32 Å². The number of hydrogen-bond donors (Lipinski definition) is 1. The number of alkyl halides is 3. The molecule has 11 heteroatoms. The highest BCUT2D eigenvalue weighted by molar-refractivity contribution is 7.89. The van der Waals surface area contributed by atoms with Crippen LogP contribution in [0.15, 0.2) is 29.2 Å². The first kappa shape index (κ1) is 22.2. The standard InChI is InChI=1S/C17H21F3N2O5S/c18-17(19,20)12-21-15(23)11-27-16(24)13-6-5-7-14(10-13)28(25,26)22-8-3-1-2-4-9-22/h5-7,10H,1-4,8-9,11-12H2,(H,21,23). The van der Waals surface area contributed by atoms with E-state index in [1.165, 1.54) is 22.5 Å². The molecule has 0 radical (unpaired) electrons. The number of amides is 1. The van der Waals surface area contributed by atoms with E-state index >= 15 is 0 Å². The van der Waals surface area contributed by atoms with Gasteiger partial charge in [0.2, 0.25) is 10.0 Å². The number of carbonyl (C=O) groups excluding carboxylic acids is 2. The van der Waals surface area contributed by atoms with Crippen molar-refractivity contribution in [1.82, 2.24) is 9.62 Å². The van der Waals surface area contributed by atoms with Crippen LogP contribution >= 0.6 is 0 Å². The molecule has 0 bridgehead atoms. The van der Waals surface area contributed by atoms with Gasteiger partial charge in [-0.2, -0.15) is 17.5 Å². The van der Waals surface area contributed by atoms with E-state index in [9.17, 15) is 31.2 Å². The lowest BCUT2D eigenvalue weighted by Crippen LogP contribution is -2.36. The summed E-state index contributed by atoms with van der Waals surface area (Å²) in [6.07, 6.45) is -1.15. The van der Waals surface area contributed by atoms with Gasteiger partial charge in [0.15, 0.2) is 6.61 Å². The average Bonchev–Trinajstić information content (AvgIpc) is 2.94. The summed E-state index contributed by atoms with van der Waals surface area (Å²) >= 11 is 0. The molecule has 156 valence electrons. The Morgan fingerprint density at radius 3 is 2.36 bits per heavy atom. The summed E-state index contributed by atoms with van der Waals surface area (Å²) in [6.45, 7) is -1.64. The minimum Gasteiger partial charge on any atom is -0.452 e. The molecule has 1 heterocycles. The second-order valence-corrected chi connectivity index (χ2v) is 8.25. The second-order valence-electron chi connectivity index (χ2n) is 6.31. The Balaban J connectivity index is 2.01. The highest BCUT2D eigenvalue weighted by Gasteiger charge is 2.28. The van der Waals surface area contributed by atoms with Crippen molar-refractivity contribution >= 4 is 21.9 Å². The van der Waals surface area contributed by atoms with Crippen molar-refractivity contribution in [2.24, 2.45) is 0 Å². The van der Waals surface area contributed by atoms with E-state index in [2.05, 4.69) is 4.74 Å². The zero-order valence-corrected chi connectivity index (χ0v) is 15.8. The lowest BCUT2D eigenvalue weighted by atomic mass is 10.2. The minimum atomic E-state index is -4.57. The molecular weight excluding hydrogens is 401 g/mol. The number of esters is 1. The predicted molar refractivity (Wildman–Crippen MR) is 93.0 cm³/mol. The van der Waals surface area contributed by atoms with Gasteiger partial charge in [-0.25, -0.2) is 13.2 Å². The summed E-state index contributed by atoms with van der Waals surface area (Å²) in [4.78, 5) is 23.2. The van der Waals surface area contributed by atoms with E-state index in [1.807, 2.05) is 0 Å². The van der Waals surface area contributed by atoms with Gasteiger partial charge in [0.05, 0.1) is 10.5 Å². The molecule has 0 aromatic heterocycles. The van der Waals surface area contributed by atoms with Crippen molar-refractivity contribution in [1.29, 1.82) is 0 Å². The van der Waals surface area contributed by atoms with Gasteiger partial charge in [-0.05, 0) is 31.0 Å². The van der Waals surface area contributed by atoms with Crippen molar-refractivity contribution in [2.45, 2.75) is 36.8 Å². The fraction of sp³-hybridized carbons (Fsp3) is 0.529. The van der Waals surface area contributed by atoms with Crippen LogP contribution in [0.5, 0.6) is 0 Å². The van der Waals surface area contributed by atoms with Crippen LogP contribution in [0.4, 0.5) is 13.2 Å². The maximum atomic E-state index is 12.8. The number of sulfonamides is 1. The first-order valence-corrected chi connectivity index (χ1v) is 10.1. The maximum Gasteiger partial charge on any atom is 0.405 e. The number of carbonyl (C=O) groups is 2. The molecule has 1 aromatic rings. The zero-order valence-electron chi connectivity index (χ0n) is 15.0. The van der Waals surface area contributed by atoms with Gasteiger partial charge in [0, 0.05) is 13.1 Å². The first-order valence-electron chi connectivity index (χ1n) is 8.70. The highest BCUT2D eigenvalue weighted by Crippen LogP contribution is 2.21. The van der Waals surface area contributed by atoms with Crippen LogP contribution in [-0.2, 0) is 19.6 Å². The Morgan fingerprint density at radius 2 is 1.75 bits per heavy atom. The first-order chi connectivity index (χ1) is 13.1. The minimum absolute atomic E-state index is 0.0784. The molecule has 28 heavy (non-hydrogen) atoms. The molecule has 1 amide bonds. The Hall–Kier alpha value is -2.14. The Bertz CT molecular complexity index is 803. The van der Waals surface area contributed by atoms with Crippen LogP contribution in [0.1, 0.15) is 36.0 Å². The van der Waals surface area contributed by atoms with Crippen LogP contribution < -0.4 is 5.32 Å². The Morgan fingerprint density at radius 1 is 1.11 bits per heavy atom. The third-order valence-corrected chi connectivity index (χ3v) is 5.99. The van der Waals surface area contributed by atoms with E-state index < -0.39 is 41.2 Å². The molecule has 0 spiro atoms. The highest BCUT2D eigenvalue weighted by atomic mass is 32.2. The number of ether oxygens (including phenoxy) is 1. The fourth-order valence-corrected chi connectivity index (χ4v) is 4.24. The van der Waals surface area contributed by atoms with Crippen LogP contribution in [0.2, 0.25) is 0 Å². The third kappa shape index (κ3) is 6.48. The molecule has 0 saturated carbocycles. The molecule has 1 aromatic carbocycles. The van der Waals surface area contributed by atoms with Crippen LogP contribution in [0, 0.1) is 0 Å². The van der Waals surface area contributed by atoms with Crippen molar-refractivity contribution in [3.05, 3.63) is 29.8 Å². The molecule has 0 atom stereocenters. The normalized spacial score (nSPS) is 16.2. The van der Waals surface area contributed by atoms with Crippen molar-refractivity contribution < 1.29 is 35.9 Å². The summed E-state index contributed by atoms with van der Waals surface area (Å²) in [5.74, 6) is -2.12. The number of rotatable bonds is 6. The van der Waals surface area contributed by atoms with Crippen molar-refractivity contribution in [3.63, 3.8) is 0 Å². The molecule has 0 unspecified atom stereocenters. The van der Waals surface area contributed by atoms with Gasteiger partial charge < -0.3 is 10.1 Å². The average molecular weight is 422 g/mol. The SMILES string of the molecule is O=C(COC(=O)c1cccc(S(=O)(=O)N2CCCCCC2)c1)NCC(F)(F)F. The van der Waals surface area contributed by atoms with Gasteiger partial charge >= 0.3 is 12.1 Å². The van der Waals surface area contributed by atoms with E-state index in [0.717, 1.165) is 31.7 Å². The van der Waals surface area contributed by atoms with Gasteiger partial charge in [0.25, 0.3) is 5.91 Å². The maximum absolute atomic E-state index is 12.8. The molecular formula is C17H21F3N2O5S. The number of nitrogens with zero attached hydrogens (tertiary/aromatic N) is 1. The number of halogens is 3. The Labute approximate surface area is 160 Å². The summed E-state index contributed by atoms with van der Waals surface area (Å²) in [5.41, 5.74) is -0.112. The molecule has 2 rings (SSSR count). The van der Waals surface area contributed by atoms with Gasteiger partial charge in [0.1, 0.15) is 6.54 Å². The topological polar surface area (TPSA) is 92.8 Å². The van der Waals surface area contributed by atoms with Crippen LogP contribution in [0.25, 0.3) is 0 Å². The third-order valence-electron chi connectivity index (χ3n) is 4.09. The second kappa shape index (κ2) is 9.37. The van der Waals surface area contributed by atoms with E-state index in [-0.39, 0.29) is 10.5 Å².